The summed E-state index contributed by atoms with van der Waals surface area (Å²) in [4.78, 5) is 0. The Hall–Kier alpha value is -0.820. The van der Waals surface area contributed by atoms with Gasteiger partial charge in [0.05, 0.1) is 0 Å². The number of nitrogens with two attached hydrogens (primary N) is 1. The molecule has 0 aromatic rings. The lowest BCUT2D eigenvalue weighted by atomic mass is 9.71. The minimum Gasteiger partial charge on any atom is -0.324 e. The Bertz CT molecular complexity index is 382. The van der Waals surface area contributed by atoms with Crippen LogP contribution in [0.25, 0.3) is 0 Å². The first-order valence-electron chi connectivity index (χ1n) is 6.87. The van der Waals surface area contributed by atoms with Gasteiger partial charge in [-0.3, -0.25) is 0 Å². The van der Waals surface area contributed by atoms with Crippen molar-refractivity contribution in [3.63, 3.8) is 0 Å². The van der Waals surface area contributed by atoms with Crippen LogP contribution in [-0.2, 0) is 0 Å². The Morgan fingerprint density at radius 3 is 2.76 bits per heavy atom. The van der Waals surface area contributed by atoms with E-state index in [9.17, 15) is 0 Å². The molecule has 0 radical (unpaired) electrons. The number of rotatable bonds is 2. The lowest BCUT2D eigenvalue weighted by Gasteiger charge is -2.34. The summed E-state index contributed by atoms with van der Waals surface area (Å²) in [7, 11) is 0. The van der Waals surface area contributed by atoms with E-state index in [1.165, 1.54) is 31.3 Å². The highest BCUT2D eigenvalue weighted by Crippen LogP contribution is 2.43. The van der Waals surface area contributed by atoms with Crippen LogP contribution in [0.1, 0.15) is 52.9 Å². The van der Waals surface area contributed by atoms with Gasteiger partial charge in [0.1, 0.15) is 0 Å². The fourth-order valence-corrected chi connectivity index (χ4v) is 2.89. The average molecular weight is 231 g/mol. The standard InChI is InChI=1S/C16H25N/c1-4-12-9-10-16(2,3)11-15(12)13-5-7-14(17)8-6-13/h5-7,14H,4,8-11,17H2,1-3H3. The van der Waals surface area contributed by atoms with Gasteiger partial charge in [-0.2, -0.15) is 0 Å². The summed E-state index contributed by atoms with van der Waals surface area (Å²) in [6.07, 6.45) is 12.7. The van der Waals surface area contributed by atoms with Crippen LogP contribution in [0.2, 0.25) is 0 Å². The predicted molar refractivity (Wildman–Crippen MR) is 74.8 cm³/mol. The summed E-state index contributed by atoms with van der Waals surface area (Å²) in [6.45, 7) is 7.06. The first kappa shape index (κ1) is 12.6. The second-order valence-corrected chi connectivity index (χ2v) is 6.19. The van der Waals surface area contributed by atoms with Gasteiger partial charge in [-0.1, -0.05) is 44.6 Å². The first-order valence-corrected chi connectivity index (χ1v) is 6.87. The van der Waals surface area contributed by atoms with Crippen molar-refractivity contribution in [2.45, 2.75) is 58.9 Å². The van der Waals surface area contributed by atoms with E-state index in [2.05, 4.69) is 39.0 Å². The van der Waals surface area contributed by atoms with Crippen LogP contribution in [0.4, 0.5) is 0 Å². The van der Waals surface area contributed by atoms with Crippen molar-refractivity contribution in [3.05, 3.63) is 34.9 Å². The van der Waals surface area contributed by atoms with Gasteiger partial charge in [0.25, 0.3) is 0 Å². The molecule has 0 aromatic heterocycles. The van der Waals surface area contributed by atoms with Crippen molar-refractivity contribution in [3.8, 4) is 0 Å². The van der Waals surface area contributed by atoms with Crippen LogP contribution < -0.4 is 5.73 Å². The highest BCUT2D eigenvalue weighted by Gasteiger charge is 2.27. The summed E-state index contributed by atoms with van der Waals surface area (Å²) >= 11 is 0. The van der Waals surface area contributed by atoms with Gasteiger partial charge in [0.2, 0.25) is 0 Å². The molecule has 2 rings (SSSR count). The molecule has 0 bridgehead atoms. The Balaban J connectivity index is 2.28. The Labute approximate surface area is 105 Å². The third-order valence-corrected chi connectivity index (χ3v) is 4.09. The van der Waals surface area contributed by atoms with Crippen LogP contribution >= 0.6 is 0 Å². The van der Waals surface area contributed by atoms with E-state index in [4.69, 9.17) is 5.73 Å². The molecule has 0 spiro atoms. The highest BCUT2D eigenvalue weighted by molar-refractivity contribution is 5.46. The highest BCUT2D eigenvalue weighted by atomic mass is 14.6. The lowest BCUT2D eigenvalue weighted by molar-refractivity contribution is 0.314. The smallest absolute Gasteiger partial charge is 0.0262 e. The van der Waals surface area contributed by atoms with Crippen LogP contribution in [0.5, 0.6) is 0 Å². The van der Waals surface area contributed by atoms with E-state index < -0.39 is 0 Å². The third-order valence-electron chi connectivity index (χ3n) is 4.09. The van der Waals surface area contributed by atoms with Crippen LogP contribution in [0.15, 0.2) is 34.9 Å². The second-order valence-electron chi connectivity index (χ2n) is 6.19. The molecule has 0 heterocycles. The molecule has 2 N–H and O–H groups in total. The summed E-state index contributed by atoms with van der Waals surface area (Å²) in [5.41, 5.74) is 11.1. The molecule has 17 heavy (non-hydrogen) atoms. The maximum atomic E-state index is 5.90. The zero-order valence-corrected chi connectivity index (χ0v) is 11.4. The summed E-state index contributed by atoms with van der Waals surface area (Å²) in [5.74, 6) is 0. The fraction of sp³-hybridized carbons (Fsp3) is 0.625. The molecule has 0 aromatic carbocycles. The Kier molecular flexibility index (Phi) is 3.58. The molecular formula is C16H25N. The molecule has 1 nitrogen and oxygen atoms in total. The van der Waals surface area contributed by atoms with E-state index in [1.807, 2.05) is 0 Å². The van der Waals surface area contributed by atoms with Crippen LogP contribution in [-0.4, -0.2) is 6.04 Å². The zero-order chi connectivity index (χ0) is 12.5. The normalized spacial score (nSPS) is 28.2. The third kappa shape index (κ3) is 2.90. The number of allylic oxidation sites excluding steroid dienone is 4. The topological polar surface area (TPSA) is 26.0 Å². The molecule has 2 aliphatic rings. The largest absolute Gasteiger partial charge is 0.324 e. The summed E-state index contributed by atoms with van der Waals surface area (Å²) in [5, 5.41) is 0. The minimum atomic E-state index is 0.223. The van der Waals surface area contributed by atoms with Gasteiger partial charge in [-0.25, -0.2) is 0 Å². The zero-order valence-electron chi connectivity index (χ0n) is 11.4. The quantitative estimate of drug-likeness (QED) is 0.760. The fourth-order valence-electron chi connectivity index (χ4n) is 2.89. The van der Waals surface area contributed by atoms with Crippen molar-refractivity contribution < 1.29 is 0 Å². The molecule has 0 aliphatic heterocycles. The monoisotopic (exact) mass is 231 g/mol. The molecule has 0 amide bonds. The molecule has 0 saturated heterocycles. The maximum absolute atomic E-state index is 5.90. The Morgan fingerprint density at radius 1 is 1.41 bits per heavy atom. The summed E-state index contributed by atoms with van der Waals surface area (Å²) < 4.78 is 0. The van der Waals surface area contributed by atoms with Gasteiger partial charge >= 0.3 is 0 Å². The van der Waals surface area contributed by atoms with E-state index in [0.717, 1.165) is 6.42 Å². The SMILES string of the molecule is CCC1=C(C2=CCC(N)C=C2)CC(C)(C)CC1. The van der Waals surface area contributed by atoms with Crippen molar-refractivity contribution in [2.24, 2.45) is 11.1 Å². The van der Waals surface area contributed by atoms with Gasteiger partial charge in [-0.15, -0.1) is 0 Å². The van der Waals surface area contributed by atoms with Gasteiger partial charge in [0.15, 0.2) is 0 Å². The first-order chi connectivity index (χ1) is 8.02. The van der Waals surface area contributed by atoms with Gasteiger partial charge < -0.3 is 5.73 Å². The van der Waals surface area contributed by atoms with Crippen molar-refractivity contribution >= 4 is 0 Å². The van der Waals surface area contributed by atoms with E-state index in [1.54, 1.807) is 11.1 Å². The molecule has 0 fully saturated rings. The van der Waals surface area contributed by atoms with E-state index in [-0.39, 0.29) is 6.04 Å². The van der Waals surface area contributed by atoms with Gasteiger partial charge in [-0.05, 0) is 48.7 Å². The van der Waals surface area contributed by atoms with Crippen LogP contribution in [0.3, 0.4) is 0 Å². The van der Waals surface area contributed by atoms with Crippen molar-refractivity contribution in [1.82, 2.24) is 0 Å². The average Bonchev–Trinajstić information content (AvgIpc) is 2.29. The van der Waals surface area contributed by atoms with Gasteiger partial charge in [0, 0.05) is 6.04 Å². The number of hydrogen-bond donors (Lipinski definition) is 1. The minimum absolute atomic E-state index is 0.223. The molecule has 1 atom stereocenters. The summed E-state index contributed by atoms with van der Waals surface area (Å²) in [6, 6.07) is 0.223. The van der Waals surface area contributed by atoms with E-state index in [0.29, 0.717) is 5.41 Å². The Morgan fingerprint density at radius 2 is 2.18 bits per heavy atom. The molecule has 94 valence electrons. The predicted octanol–water partition coefficient (Wildman–Crippen LogP) is 4.12. The van der Waals surface area contributed by atoms with Crippen molar-refractivity contribution in [1.29, 1.82) is 0 Å². The molecule has 2 aliphatic carbocycles. The molecule has 0 saturated carbocycles. The second kappa shape index (κ2) is 4.81. The maximum Gasteiger partial charge on any atom is 0.0262 e. The van der Waals surface area contributed by atoms with Crippen LogP contribution in [0, 0.1) is 5.41 Å². The number of hydrogen-bond acceptors (Lipinski definition) is 1. The lowest BCUT2D eigenvalue weighted by Crippen LogP contribution is -2.21. The molecule has 1 unspecified atom stereocenters. The van der Waals surface area contributed by atoms with Crippen molar-refractivity contribution in [2.75, 3.05) is 0 Å². The molecule has 1 heteroatoms. The molecular weight excluding hydrogens is 206 g/mol. The van der Waals surface area contributed by atoms with E-state index >= 15 is 0 Å².